The highest BCUT2D eigenvalue weighted by Crippen LogP contribution is 2.25. The molecule has 17 heavy (non-hydrogen) atoms. The number of ether oxygens (including phenoxy) is 1. The first-order valence-corrected chi connectivity index (χ1v) is 5.88. The van der Waals surface area contributed by atoms with Crippen LogP contribution < -0.4 is 10.5 Å². The number of carbonyl (C=O) groups is 1. The first-order chi connectivity index (χ1) is 7.99. The monoisotopic (exact) mass is 235 g/mol. The van der Waals surface area contributed by atoms with E-state index in [2.05, 4.69) is 0 Å². The Labute approximate surface area is 103 Å². The molecular weight excluding hydrogens is 214 g/mol. The number of nitrogens with two attached hydrogens (primary N) is 1. The molecule has 1 rings (SSSR count). The third kappa shape index (κ3) is 3.30. The molecule has 2 N–H and O–H groups in total. The number of ketones is 1. The number of carbonyl (C=O) groups excluding carboxylic acids is 1. The number of methoxy groups -OCH3 is 1. The second kappa shape index (κ2) is 5.82. The standard InChI is InChI=1S/C14H21NO2/c1-9(8-15)5-13(16)12-6-10(2)14(17-4)11(3)7-12/h6-7,9H,5,8,15H2,1-4H3. The SMILES string of the molecule is COc1c(C)cc(C(=O)CC(C)CN)cc1C. The summed E-state index contributed by atoms with van der Waals surface area (Å²) < 4.78 is 5.28. The number of hydrogen-bond donors (Lipinski definition) is 1. The van der Waals surface area contributed by atoms with E-state index in [1.165, 1.54) is 0 Å². The Morgan fingerprint density at radius 3 is 2.29 bits per heavy atom. The van der Waals surface area contributed by atoms with Crippen molar-refractivity contribution >= 4 is 5.78 Å². The van der Waals surface area contributed by atoms with Gasteiger partial charge in [-0.25, -0.2) is 0 Å². The van der Waals surface area contributed by atoms with Crippen LogP contribution in [0.5, 0.6) is 5.75 Å². The predicted molar refractivity (Wildman–Crippen MR) is 69.6 cm³/mol. The zero-order chi connectivity index (χ0) is 13.0. The largest absolute Gasteiger partial charge is 0.496 e. The summed E-state index contributed by atoms with van der Waals surface area (Å²) in [6, 6.07) is 3.77. The van der Waals surface area contributed by atoms with Gasteiger partial charge in [0.2, 0.25) is 0 Å². The van der Waals surface area contributed by atoms with Crippen LogP contribution in [0, 0.1) is 19.8 Å². The molecule has 94 valence electrons. The van der Waals surface area contributed by atoms with E-state index in [0.29, 0.717) is 13.0 Å². The molecule has 0 heterocycles. The molecule has 0 aliphatic heterocycles. The van der Waals surface area contributed by atoms with E-state index in [1.54, 1.807) is 7.11 Å². The van der Waals surface area contributed by atoms with E-state index in [1.807, 2.05) is 32.9 Å². The zero-order valence-corrected chi connectivity index (χ0v) is 11.0. The van der Waals surface area contributed by atoms with Crippen LogP contribution in [-0.4, -0.2) is 19.4 Å². The third-order valence-electron chi connectivity index (χ3n) is 2.92. The maximum absolute atomic E-state index is 12.0. The molecule has 3 nitrogen and oxygen atoms in total. The lowest BCUT2D eigenvalue weighted by Crippen LogP contribution is -2.15. The molecule has 3 heteroatoms. The van der Waals surface area contributed by atoms with Crippen molar-refractivity contribution in [2.45, 2.75) is 27.2 Å². The Balaban J connectivity index is 2.96. The molecule has 0 saturated heterocycles. The molecule has 0 aliphatic carbocycles. The maximum Gasteiger partial charge on any atom is 0.163 e. The maximum atomic E-state index is 12.0. The minimum Gasteiger partial charge on any atom is -0.496 e. The van der Waals surface area contributed by atoms with Gasteiger partial charge in [0.1, 0.15) is 5.75 Å². The number of aryl methyl sites for hydroxylation is 2. The Bertz CT molecular complexity index is 390. The van der Waals surface area contributed by atoms with Gasteiger partial charge in [-0.3, -0.25) is 4.79 Å². The van der Waals surface area contributed by atoms with E-state index < -0.39 is 0 Å². The van der Waals surface area contributed by atoms with Gasteiger partial charge in [0.15, 0.2) is 5.78 Å². The van der Waals surface area contributed by atoms with E-state index in [4.69, 9.17) is 10.5 Å². The van der Waals surface area contributed by atoms with Gasteiger partial charge < -0.3 is 10.5 Å². The minimum atomic E-state index is 0.150. The van der Waals surface area contributed by atoms with Crippen molar-refractivity contribution in [2.24, 2.45) is 11.7 Å². The van der Waals surface area contributed by atoms with Crippen molar-refractivity contribution in [3.05, 3.63) is 28.8 Å². The molecule has 1 atom stereocenters. The minimum absolute atomic E-state index is 0.150. The van der Waals surface area contributed by atoms with Crippen LogP contribution in [0.4, 0.5) is 0 Å². The summed E-state index contributed by atoms with van der Waals surface area (Å²) in [4.78, 5) is 12.0. The van der Waals surface area contributed by atoms with Crippen LogP contribution in [0.15, 0.2) is 12.1 Å². The van der Waals surface area contributed by atoms with E-state index in [9.17, 15) is 4.79 Å². The van der Waals surface area contributed by atoms with Crippen LogP contribution in [0.25, 0.3) is 0 Å². The van der Waals surface area contributed by atoms with Crippen molar-refractivity contribution in [1.82, 2.24) is 0 Å². The molecule has 0 saturated carbocycles. The van der Waals surface area contributed by atoms with Crippen molar-refractivity contribution < 1.29 is 9.53 Å². The van der Waals surface area contributed by atoms with Gasteiger partial charge in [-0.15, -0.1) is 0 Å². The lowest BCUT2D eigenvalue weighted by molar-refractivity contribution is 0.0965. The topological polar surface area (TPSA) is 52.3 Å². The fraction of sp³-hybridized carbons (Fsp3) is 0.500. The molecule has 0 spiro atoms. The summed E-state index contributed by atoms with van der Waals surface area (Å²) in [5.74, 6) is 1.23. The van der Waals surface area contributed by atoms with Crippen molar-refractivity contribution in [3.8, 4) is 5.75 Å². The molecule has 0 aliphatic rings. The molecular formula is C14H21NO2. The van der Waals surface area contributed by atoms with Crippen molar-refractivity contribution in [2.75, 3.05) is 13.7 Å². The van der Waals surface area contributed by atoms with Crippen molar-refractivity contribution in [3.63, 3.8) is 0 Å². The number of Topliss-reactive ketones (excluding diaryl/α,β-unsaturated/α-hetero) is 1. The fourth-order valence-electron chi connectivity index (χ4n) is 1.95. The van der Waals surface area contributed by atoms with Gasteiger partial charge in [0.25, 0.3) is 0 Å². The van der Waals surface area contributed by atoms with E-state index in [-0.39, 0.29) is 11.7 Å². The molecule has 0 amide bonds. The van der Waals surface area contributed by atoms with Crippen molar-refractivity contribution in [1.29, 1.82) is 0 Å². The summed E-state index contributed by atoms with van der Waals surface area (Å²) in [5.41, 5.74) is 8.28. The van der Waals surface area contributed by atoms with Gasteiger partial charge in [0, 0.05) is 12.0 Å². The molecule has 1 aromatic rings. The molecule has 0 radical (unpaired) electrons. The first-order valence-electron chi connectivity index (χ1n) is 5.88. The van der Waals surface area contributed by atoms with Crippen LogP contribution in [0.2, 0.25) is 0 Å². The number of hydrogen-bond acceptors (Lipinski definition) is 3. The quantitative estimate of drug-likeness (QED) is 0.798. The lowest BCUT2D eigenvalue weighted by Gasteiger charge is -2.12. The van der Waals surface area contributed by atoms with Crippen LogP contribution in [0.3, 0.4) is 0 Å². The zero-order valence-electron chi connectivity index (χ0n) is 11.0. The van der Waals surface area contributed by atoms with Crippen LogP contribution in [-0.2, 0) is 0 Å². The normalized spacial score (nSPS) is 12.3. The summed E-state index contributed by atoms with van der Waals surface area (Å²) in [6.45, 7) is 6.44. The Hall–Kier alpha value is -1.35. The number of benzene rings is 1. The molecule has 1 aromatic carbocycles. The number of rotatable bonds is 5. The van der Waals surface area contributed by atoms with Gasteiger partial charge in [0.05, 0.1) is 7.11 Å². The average molecular weight is 235 g/mol. The average Bonchev–Trinajstić information content (AvgIpc) is 2.28. The Kier molecular flexibility index (Phi) is 4.70. The molecule has 0 fully saturated rings. The Morgan fingerprint density at radius 1 is 1.35 bits per heavy atom. The summed E-state index contributed by atoms with van der Waals surface area (Å²) >= 11 is 0. The lowest BCUT2D eigenvalue weighted by atomic mass is 9.96. The Morgan fingerprint density at radius 2 is 1.88 bits per heavy atom. The smallest absolute Gasteiger partial charge is 0.163 e. The second-order valence-electron chi connectivity index (χ2n) is 4.61. The third-order valence-corrected chi connectivity index (χ3v) is 2.92. The summed E-state index contributed by atoms with van der Waals surface area (Å²) in [6.07, 6.45) is 0.502. The molecule has 0 aromatic heterocycles. The fourth-order valence-corrected chi connectivity index (χ4v) is 1.95. The summed E-state index contributed by atoms with van der Waals surface area (Å²) in [5, 5.41) is 0. The van der Waals surface area contributed by atoms with Crippen LogP contribution in [0.1, 0.15) is 34.8 Å². The van der Waals surface area contributed by atoms with Gasteiger partial charge in [-0.05, 0) is 49.6 Å². The molecule has 1 unspecified atom stereocenters. The van der Waals surface area contributed by atoms with Gasteiger partial charge in [-0.2, -0.15) is 0 Å². The highest BCUT2D eigenvalue weighted by Gasteiger charge is 2.13. The van der Waals surface area contributed by atoms with E-state index >= 15 is 0 Å². The van der Waals surface area contributed by atoms with Crippen LogP contribution >= 0.6 is 0 Å². The van der Waals surface area contributed by atoms with Gasteiger partial charge in [-0.1, -0.05) is 6.92 Å². The van der Waals surface area contributed by atoms with E-state index in [0.717, 1.165) is 22.4 Å². The molecule has 0 bridgehead atoms. The predicted octanol–water partition coefficient (Wildman–Crippen LogP) is 2.48. The second-order valence-corrected chi connectivity index (χ2v) is 4.61. The summed E-state index contributed by atoms with van der Waals surface area (Å²) in [7, 11) is 1.65. The highest BCUT2D eigenvalue weighted by atomic mass is 16.5. The van der Waals surface area contributed by atoms with Gasteiger partial charge >= 0.3 is 0 Å². The first kappa shape index (κ1) is 13.7. The highest BCUT2D eigenvalue weighted by molar-refractivity contribution is 5.96.